The Morgan fingerprint density at radius 1 is 1.00 bits per heavy atom. The highest BCUT2D eigenvalue weighted by Crippen LogP contribution is 2.20. The lowest BCUT2D eigenvalue weighted by atomic mass is 10.1. The third kappa shape index (κ3) is 4.71. The van der Waals surface area contributed by atoms with Crippen molar-refractivity contribution in [3.05, 3.63) is 82.7 Å². The van der Waals surface area contributed by atoms with Crippen molar-refractivity contribution >= 4 is 5.91 Å². The highest BCUT2D eigenvalue weighted by Gasteiger charge is 2.28. The number of nitrogens with zero attached hydrogens (tertiary/aromatic N) is 3. The SMILES string of the molecule is Cc1ccc(CN2CCN(C(=O)c3noc(C)c3COc3ccccc3)CC2)cc1. The zero-order chi connectivity index (χ0) is 20.9. The van der Waals surface area contributed by atoms with Crippen molar-refractivity contribution in [2.45, 2.75) is 27.0 Å². The van der Waals surface area contributed by atoms with E-state index in [9.17, 15) is 4.79 Å². The zero-order valence-corrected chi connectivity index (χ0v) is 17.5. The van der Waals surface area contributed by atoms with Crippen LogP contribution >= 0.6 is 0 Å². The first kappa shape index (κ1) is 20.2. The molecule has 6 heteroatoms. The number of aromatic nitrogens is 1. The van der Waals surface area contributed by atoms with Crippen LogP contribution < -0.4 is 4.74 Å². The third-order valence-corrected chi connectivity index (χ3v) is 5.50. The van der Waals surface area contributed by atoms with Crippen LogP contribution in [0.15, 0.2) is 59.1 Å². The van der Waals surface area contributed by atoms with Crippen LogP contribution in [0.5, 0.6) is 5.75 Å². The number of hydrogen-bond acceptors (Lipinski definition) is 5. The molecule has 3 aromatic rings. The maximum atomic E-state index is 13.1. The fourth-order valence-corrected chi connectivity index (χ4v) is 3.61. The molecule has 0 spiro atoms. The van der Waals surface area contributed by atoms with Gasteiger partial charge in [0.15, 0.2) is 5.69 Å². The molecular weight excluding hydrogens is 378 g/mol. The highest BCUT2D eigenvalue weighted by atomic mass is 16.5. The Bertz CT molecular complexity index is 975. The molecule has 0 unspecified atom stereocenters. The quantitative estimate of drug-likeness (QED) is 0.624. The number of carbonyl (C=O) groups is 1. The summed E-state index contributed by atoms with van der Waals surface area (Å²) in [5, 5.41) is 4.04. The molecule has 0 N–H and O–H groups in total. The van der Waals surface area contributed by atoms with E-state index in [4.69, 9.17) is 9.26 Å². The maximum Gasteiger partial charge on any atom is 0.276 e. The largest absolute Gasteiger partial charge is 0.489 e. The molecule has 0 radical (unpaired) electrons. The number of piperazine rings is 1. The van der Waals surface area contributed by atoms with Gasteiger partial charge in [0.1, 0.15) is 18.1 Å². The van der Waals surface area contributed by atoms with E-state index >= 15 is 0 Å². The number of amides is 1. The minimum absolute atomic E-state index is 0.0894. The van der Waals surface area contributed by atoms with Gasteiger partial charge in [0, 0.05) is 32.7 Å². The summed E-state index contributed by atoms with van der Waals surface area (Å²) in [5.74, 6) is 1.28. The van der Waals surface area contributed by atoms with Crippen molar-refractivity contribution in [1.82, 2.24) is 15.0 Å². The normalized spacial score (nSPS) is 14.7. The van der Waals surface area contributed by atoms with E-state index in [1.165, 1.54) is 11.1 Å². The lowest BCUT2D eigenvalue weighted by Crippen LogP contribution is -2.48. The number of para-hydroxylation sites is 1. The van der Waals surface area contributed by atoms with Crippen LogP contribution in [0, 0.1) is 13.8 Å². The molecule has 0 atom stereocenters. The average molecular weight is 405 g/mol. The number of ether oxygens (including phenoxy) is 1. The van der Waals surface area contributed by atoms with Gasteiger partial charge < -0.3 is 14.2 Å². The average Bonchev–Trinajstić information content (AvgIpc) is 3.15. The Hall–Kier alpha value is -3.12. The van der Waals surface area contributed by atoms with Crippen LogP contribution in [0.2, 0.25) is 0 Å². The molecular formula is C24H27N3O3. The molecule has 0 aliphatic carbocycles. The molecule has 2 heterocycles. The van der Waals surface area contributed by atoms with Crippen molar-refractivity contribution in [1.29, 1.82) is 0 Å². The first-order valence-electron chi connectivity index (χ1n) is 10.3. The molecule has 1 saturated heterocycles. The van der Waals surface area contributed by atoms with Crippen molar-refractivity contribution < 1.29 is 14.1 Å². The number of rotatable bonds is 6. The highest BCUT2D eigenvalue weighted by molar-refractivity contribution is 5.93. The van der Waals surface area contributed by atoms with E-state index in [-0.39, 0.29) is 12.5 Å². The van der Waals surface area contributed by atoms with Crippen LogP contribution in [0.1, 0.15) is 32.9 Å². The van der Waals surface area contributed by atoms with Gasteiger partial charge >= 0.3 is 0 Å². The molecule has 6 nitrogen and oxygen atoms in total. The maximum absolute atomic E-state index is 13.1. The summed E-state index contributed by atoms with van der Waals surface area (Å²) < 4.78 is 11.1. The van der Waals surface area contributed by atoms with Gasteiger partial charge in [-0.3, -0.25) is 9.69 Å². The predicted molar refractivity (Wildman–Crippen MR) is 114 cm³/mol. The van der Waals surface area contributed by atoms with Gasteiger partial charge in [-0.05, 0) is 31.5 Å². The molecule has 2 aromatic carbocycles. The summed E-state index contributed by atoms with van der Waals surface area (Å²) in [4.78, 5) is 17.3. The summed E-state index contributed by atoms with van der Waals surface area (Å²) in [5.41, 5.74) is 3.64. The monoisotopic (exact) mass is 405 g/mol. The molecule has 1 aliphatic heterocycles. The Kier molecular flexibility index (Phi) is 6.14. The second kappa shape index (κ2) is 9.13. The van der Waals surface area contributed by atoms with Gasteiger partial charge in [-0.1, -0.05) is 53.2 Å². The minimum Gasteiger partial charge on any atom is -0.489 e. The molecule has 4 rings (SSSR count). The lowest BCUT2D eigenvalue weighted by Gasteiger charge is -2.34. The first-order valence-corrected chi connectivity index (χ1v) is 10.3. The molecule has 156 valence electrons. The molecule has 1 aromatic heterocycles. The summed E-state index contributed by atoms with van der Waals surface area (Å²) in [6, 6.07) is 18.2. The van der Waals surface area contributed by atoms with Crippen molar-refractivity contribution in [3.8, 4) is 5.75 Å². The molecule has 1 amide bonds. The van der Waals surface area contributed by atoms with Crippen LogP contribution in [0.25, 0.3) is 0 Å². The van der Waals surface area contributed by atoms with Gasteiger partial charge in [0.2, 0.25) is 0 Å². The van der Waals surface area contributed by atoms with Gasteiger partial charge in [-0.15, -0.1) is 0 Å². The van der Waals surface area contributed by atoms with Crippen LogP contribution in [-0.2, 0) is 13.2 Å². The van der Waals surface area contributed by atoms with E-state index < -0.39 is 0 Å². The summed E-state index contributed by atoms with van der Waals surface area (Å²) in [7, 11) is 0. The fraction of sp³-hybridized carbons (Fsp3) is 0.333. The molecule has 0 saturated carbocycles. The molecule has 0 bridgehead atoms. The summed E-state index contributed by atoms with van der Waals surface area (Å²) >= 11 is 0. The molecule has 1 aliphatic rings. The number of aryl methyl sites for hydroxylation is 2. The first-order chi connectivity index (χ1) is 14.6. The van der Waals surface area contributed by atoms with Crippen molar-refractivity contribution in [2.24, 2.45) is 0 Å². The molecule has 1 fully saturated rings. The zero-order valence-electron chi connectivity index (χ0n) is 17.5. The van der Waals surface area contributed by atoms with E-state index in [2.05, 4.69) is 41.2 Å². The van der Waals surface area contributed by atoms with Crippen LogP contribution in [0.4, 0.5) is 0 Å². The Morgan fingerprint density at radius 2 is 1.70 bits per heavy atom. The Balaban J connectivity index is 1.35. The van der Waals surface area contributed by atoms with E-state index in [0.717, 1.165) is 25.4 Å². The number of carbonyl (C=O) groups excluding carboxylic acids is 1. The number of hydrogen-bond donors (Lipinski definition) is 0. The van der Waals surface area contributed by atoms with Crippen LogP contribution in [0.3, 0.4) is 0 Å². The topological polar surface area (TPSA) is 58.8 Å². The second-order valence-electron chi connectivity index (χ2n) is 7.72. The predicted octanol–water partition coefficient (Wildman–Crippen LogP) is 3.83. The lowest BCUT2D eigenvalue weighted by molar-refractivity contribution is 0.0616. The minimum atomic E-state index is -0.0894. The van der Waals surface area contributed by atoms with Crippen molar-refractivity contribution in [3.63, 3.8) is 0 Å². The smallest absolute Gasteiger partial charge is 0.276 e. The van der Waals surface area contributed by atoms with Gasteiger partial charge in [-0.2, -0.15) is 0 Å². The standard InChI is InChI=1S/C24H27N3O3/c1-18-8-10-20(11-9-18)16-26-12-14-27(15-13-26)24(28)23-22(19(2)30-25-23)17-29-21-6-4-3-5-7-21/h3-11H,12-17H2,1-2H3. The molecule has 30 heavy (non-hydrogen) atoms. The van der Waals surface area contributed by atoms with E-state index in [1.54, 1.807) is 0 Å². The van der Waals surface area contributed by atoms with Crippen LogP contribution in [-0.4, -0.2) is 47.0 Å². The third-order valence-electron chi connectivity index (χ3n) is 5.50. The summed E-state index contributed by atoms with van der Waals surface area (Å²) in [6.45, 7) is 8.10. The summed E-state index contributed by atoms with van der Waals surface area (Å²) in [6.07, 6.45) is 0. The Morgan fingerprint density at radius 3 is 2.40 bits per heavy atom. The Labute approximate surface area is 177 Å². The van der Waals surface area contributed by atoms with Gasteiger partial charge in [-0.25, -0.2) is 0 Å². The van der Waals surface area contributed by atoms with E-state index in [1.807, 2.05) is 42.2 Å². The fourth-order valence-electron chi connectivity index (χ4n) is 3.61. The second-order valence-corrected chi connectivity index (χ2v) is 7.72. The van der Waals surface area contributed by atoms with Gasteiger partial charge in [0.05, 0.1) is 5.56 Å². The van der Waals surface area contributed by atoms with Gasteiger partial charge in [0.25, 0.3) is 5.91 Å². The van der Waals surface area contributed by atoms with Crippen molar-refractivity contribution in [2.75, 3.05) is 26.2 Å². The number of benzene rings is 2. The van der Waals surface area contributed by atoms with E-state index in [0.29, 0.717) is 30.1 Å².